The van der Waals surface area contributed by atoms with E-state index in [4.69, 9.17) is 4.74 Å². The van der Waals surface area contributed by atoms with Gasteiger partial charge in [0.05, 0.1) is 0 Å². The SMILES string of the molecule is O=c1[nH]ccc2cc(OCc3ccc(F)cc3)ccc12. The van der Waals surface area contributed by atoms with Gasteiger partial charge in [-0.05, 0) is 47.3 Å². The van der Waals surface area contributed by atoms with E-state index >= 15 is 0 Å². The Kier molecular flexibility index (Phi) is 3.21. The van der Waals surface area contributed by atoms with E-state index in [1.807, 2.05) is 12.1 Å². The number of pyridine rings is 1. The zero-order valence-electron chi connectivity index (χ0n) is 10.6. The van der Waals surface area contributed by atoms with Gasteiger partial charge in [0, 0.05) is 11.6 Å². The summed E-state index contributed by atoms with van der Waals surface area (Å²) in [5.74, 6) is 0.408. The number of rotatable bonds is 3. The number of aromatic amines is 1. The van der Waals surface area contributed by atoms with Crippen LogP contribution in [0, 0.1) is 5.82 Å². The minimum absolute atomic E-state index is 0.118. The molecule has 0 amide bonds. The van der Waals surface area contributed by atoms with Crippen molar-refractivity contribution >= 4 is 10.8 Å². The Hall–Kier alpha value is -2.62. The molecule has 100 valence electrons. The van der Waals surface area contributed by atoms with Gasteiger partial charge in [0.2, 0.25) is 0 Å². The number of benzene rings is 2. The highest BCUT2D eigenvalue weighted by atomic mass is 19.1. The Morgan fingerprint density at radius 2 is 1.85 bits per heavy atom. The topological polar surface area (TPSA) is 42.1 Å². The van der Waals surface area contributed by atoms with Crippen LogP contribution in [0.15, 0.2) is 59.5 Å². The zero-order valence-corrected chi connectivity index (χ0v) is 10.6. The number of hydrogen-bond acceptors (Lipinski definition) is 2. The molecule has 0 saturated heterocycles. The van der Waals surface area contributed by atoms with Crippen LogP contribution >= 0.6 is 0 Å². The van der Waals surface area contributed by atoms with E-state index in [1.54, 1.807) is 30.5 Å². The van der Waals surface area contributed by atoms with E-state index in [2.05, 4.69) is 4.98 Å². The highest BCUT2D eigenvalue weighted by Gasteiger charge is 2.01. The average molecular weight is 269 g/mol. The average Bonchev–Trinajstić information content (AvgIpc) is 2.47. The van der Waals surface area contributed by atoms with Gasteiger partial charge in [0.15, 0.2) is 0 Å². The van der Waals surface area contributed by atoms with Crippen LogP contribution in [0.3, 0.4) is 0 Å². The summed E-state index contributed by atoms with van der Waals surface area (Å²) in [6.45, 7) is 0.356. The number of nitrogens with one attached hydrogen (secondary N) is 1. The summed E-state index contributed by atoms with van der Waals surface area (Å²) in [6, 6.07) is 13.3. The summed E-state index contributed by atoms with van der Waals surface area (Å²) in [6.07, 6.45) is 1.61. The Morgan fingerprint density at radius 1 is 1.05 bits per heavy atom. The molecule has 0 atom stereocenters. The number of fused-ring (bicyclic) bond motifs is 1. The first-order valence-corrected chi connectivity index (χ1v) is 6.21. The molecule has 0 saturated carbocycles. The Labute approximate surface area is 114 Å². The fraction of sp³-hybridized carbons (Fsp3) is 0.0625. The van der Waals surface area contributed by atoms with E-state index in [0.717, 1.165) is 10.9 Å². The lowest BCUT2D eigenvalue weighted by molar-refractivity contribution is 0.306. The molecule has 20 heavy (non-hydrogen) atoms. The summed E-state index contributed by atoms with van der Waals surface area (Å²) in [4.78, 5) is 14.2. The van der Waals surface area contributed by atoms with Crippen molar-refractivity contribution in [3.8, 4) is 5.75 Å². The molecule has 3 nitrogen and oxygen atoms in total. The molecule has 3 aromatic rings. The minimum Gasteiger partial charge on any atom is -0.489 e. The number of ether oxygens (including phenoxy) is 1. The second-order valence-electron chi connectivity index (χ2n) is 4.47. The summed E-state index contributed by atoms with van der Waals surface area (Å²) in [5.41, 5.74) is 0.769. The molecule has 0 unspecified atom stereocenters. The largest absolute Gasteiger partial charge is 0.489 e. The second-order valence-corrected chi connectivity index (χ2v) is 4.47. The van der Waals surface area contributed by atoms with E-state index in [9.17, 15) is 9.18 Å². The smallest absolute Gasteiger partial charge is 0.255 e. The van der Waals surface area contributed by atoms with Crippen molar-refractivity contribution in [1.82, 2.24) is 4.98 Å². The van der Waals surface area contributed by atoms with Gasteiger partial charge in [-0.2, -0.15) is 0 Å². The summed E-state index contributed by atoms with van der Waals surface area (Å²) < 4.78 is 18.4. The maximum absolute atomic E-state index is 12.8. The third-order valence-corrected chi connectivity index (χ3v) is 3.06. The molecule has 0 bridgehead atoms. The van der Waals surface area contributed by atoms with Crippen LogP contribution in [0.5, 0.6) is 5.75 Å². The lowest BCUT2D eigenvalue weighted by Crippen LogP contribution is -2.04. The molecule has 0 aliphatic carbocycles. The first-order chi connectivity index (χ1) is 9.72. The highest BCUT2D eigenvalue weighted by Crippen LogP contribution is 2.19. The van der Waals surface area contributed by atoms with Crippen LogP contribution in [-0.2, 0) is 6.61 Å². The molecule has 2 aromatic carbocycles. The highest BCUT2D eigenvalue weighted by molar-refractivity contribution is 5.82. The number of aromatic nitrogens is 1. The quantitative estimate of drug-likeness (QED) is 0.793. The third-order valence-electron chi connectivity index (χ3n) is 3.06. The minimum atomic E-state index is -0.265. The molecule has 0 fully saturated rings. The maximum Gasteiger partial charge on any atom is 0.255 e. The monoisotopic (exact) mass is 269 g/mol. The summed E-state index contributed by atoms with van der Waals surface area (Å²) in [5, 5.41) is 1.45. The van der Waals surface area contributed by atoms with Gasteiger partial charge in [0.1, 0.15) is 18.2 Å². The van der Waals surface area contributed by atoms with Crippen LogP contribution in [0.25, 0.3) is 10.8 Å². The number of halogens is 1. The molecule has 1 heterocycles. The Morgan fingerprint density at radius 3 is 2.65 bits per heavy atom. The predicted octanol–water partition coefficient (Wildman–Crippen LogP) is 3.25. The molecule has 4 heteroatoms. The van der Waals surface area contributed by atoms with Crippen LogP contribution in [0.1, 0.15) is 5.56 Å². The maximum atomic E-state index is 12.8. The molecule has 1 aromatic heterocycles. The van der Waals surface area contributed by atoms with Crippen molar-refractivity contribution in [2.45, 2.75) is 6.61 Å². The molecular formula is C16H12FNO2. The van der Waals surface area contributed by atoms with Gasteiger partial charge >= 0.3 is 0 Å². The van der Waals surface area contributed by atoms with Gasteiger partial charge in [-0.25, -0.2) is 4.39 Å². The van der Waals surface area contributed by atoms with Crippen molar-refractivity contribution in [2.24, 2.45) is 0 Å². The van der Waals surface area contributed by atoms with Gasteiger partial charge in [-0.3, -0.25) is 4.79 Å². The molecule has 3 rings (SSSR count). The van der Waals surface area contributed by atoms with E-state index in [1.165, 1.54) is 12.1 Å². The van der Waals surface area contributed by atoms with Crippen molar-refractivity contribution in [2.75, 3.05) is 0 Å². The standard InChI is InChI=1S/C16H12FNO2/c17-13-3-1-11(2-4-13)10-20-14-5-6-15-12(9-14)7-8-18-16(15)19/h1-9H,10H2,(H,18,19). The normalized spacial score (nSPS) is 10.7. The zero-order chi connectivity index (χ0) is 13.9. The predicted molar refractivity (Wildman–Crippen MR) is 75.3 cm³/mol. The van der Waals surface area contributed by atoms with Crippen molar-refractivity contribution in [1.29, 1.82) is 0 Å². The van der Waals surface area contributed by atoms with Crippen LogP contribution < -0.4 is 10.3 Å². The molecule has 1 N–H and O–H groups in total. The molecular weight excluding hydrogens is 257 g/mol. The lowest BCUT2D eigenvalue weighted by Gasteiger charge is -2.07. The Balaban J connectivity index is 1.81. The van der Waals surface area contributed by atoms with Crippen molar-refractivity contribution in [3.63, 3.8) is 0 Å². The number of H-pyrrole nitrogens is 1. The summed E-state index contributed by atoms with van der Waals surface area (Å²) >= 11 is 0. The van der Waals surface area contributed by atoms with E-state index in [-0.39, 0.29) is 11.4 Å². The van der Waals surface area contributed by atoms with Crippen LogP contribution in [0.4, 0.5) is 4.39 Å². The van der Waals surface area contributed by atoms with Gasteiger partial charge in [-0.15, -0.1) is 0 Å². The second kappa shape index (κ2) is 5.17. The first-order valence-electron chi connectivity index (χ1n) is 6.21. The third kappa shape index (κ3) is 2.54. The van der Waals surface area contributed by atoms with Gasteiger partial charge < -0.3 is 9.72 Å². The van der Waals surface area contributed by atoms with E-state index < -0.39 is 0 Å². The van der Waals surface area contributed by atoms with Gasteiger partial charge in [-0.1, -0.05) is 12.1 Å². The lowest BCUT2D eigenvalue weighted by atomic mass is 10.1. The molecule has 0 aliphatic heterocycles. The fourth-order valence-electron chi connectivity index (χ4n) is 2.01. The molecule has 0 aliphatic rings. The molecule has 0 radical (unpaired) electrons. The van der Waals surface area contributed by atoms with E-state index in [0.29, 0.717) is 17.7 Å². The van der Waals surface area contributed by atoms with Crippen molar-refractivity contribution in [3.05, 3.63) is 76.5 Å². The molecule has 0 spiro atoms. The summed E-state index contributed by atoms with van der Waals surface area (Å²) in [7, 11) is 0. The van der Waals surface area contributed by atoms with Gasteiger partial charge in [0.25, 0.3) is 5.56 Å². The van der Waals surface area contributed by atoms with Crippen LogP contribution in [0.2, 0.25) is 0 Å². The number of hydrogen-bond donors (Lipinski definition) is 1. The Bertz CT molecular complexity index is 793. The van der Waals surface area contributed by atoms with Crippen LogP contribution in [-0.4, -0.2) is 4.98 Å². The fourth-order valence-corrected chi connectivity index (χ4v) is 2.01. The van der Waals surface area contributed by atoms with Crippen molar-refractivity contribution < 1.29 is 9.13 Å². The first kappa shape index (κ1) is 12.4.